The Labute approximate surface area is 96.0 Å². The lowest BCUT2D eigenvalue weighted by atomic mass is 9.85. The van der Waals surface area contributed by atoms with Crippen LogP contribution in [0, 0.1) is 11.3 Å². The van der Waals surface area contributed by atoms with Crippen molar-refractivity contribution in [1.82, 2.24) is 5.32 Å². The first-order valence-electron chi connectivity index (χ1n) is 6.54. The third-order valence-electron chi connectivity index (χ3n) is 3.62. The van der Waals surface area contributed by atoms with Crippen LogP contribution >= 0.6 is 0 Å². The second-order valence-corrected chi connectivity index (χ2v) is 7.09. The normalized spacial score (nSPS) is 27.4. The van der Waals surface area contributed by atoms with Crippen molar-refractivity contribution in [3.63, 3.8) is 0 Å². The molecule has 1 aliphatic carbocycles. The molecule has 1 N–H and O–H groups in total. The highest BCUT2D eigenvalue weighted by Gasteiger charge is 2.24. The quantitative estimate of drug-likeness (QED) is 0.681. The molecule has 0 aromatic rings. The van der Waals surface area contributed by atoms with E-state index in [0.29, 0.717) is 5.41 Å². The highest BCUT2D eigenvalue weighted by molar-refractivity contribution is 4.79. The predicted molar refractivity (Wildman–Crippen MR) is 68.1 cm³/mol. The molecule has 1 nitrogen and oxygen atoms in total. The van der Waals surface area contributed by atoms with Crippen LogP contribution < -0.4 is 5.32 Å². The van der Waals surface area contributed by atoms with Crippen LogP contribution in [-0.2, 0) is 0 Å². The van der Waals surface area contributed by atoms with Crippen molar-refractivity contribution < 1.29 is 0 Å². The monoisotopic (exact) mass is 211 g/mol. The average Bonchev–Trinajstić information content (AvgIpc) is 2.22. The third kappa shape index (κ3) is 5.55. The minimum atomic E-state index is 0.280. The van der Waals surface area contributed by atoms with Crippen molar-refractivity contribution in [3.05, 3.63) is 0 Å². The summed E-state index contributed by atoms with van der Waals surface area (Å²) in [5, 5.41) is 3.65. The zero-order chi connectivity index (χ0) is 11.5. The van der Waals surface area contributed by atoms with Crippen molar-refractivity contribution in [1.29, 1.82) is 0 Å². The first-order valence-corrected chi connectivity index (χ1v) is 6.54. The summed E-state index contributed by atoms with van der Waals surface area (Å²) in [6, 6.07) is 0. The Morgan fingerprint density at radius 3 is 2.40 bits per heavy atom. The van der Waals surface area contributed by atoms with Crippen LogP contribution in [0.3, 0.4) is 0 Å². The van der Waals surface area contributed by atoms with Crippen LogP contribution in [-0.4, -0.2) is 12.1 Å². The van der Waals surface area contributed by atoms with E-state index in [2.05, 4.69) is 39.9 Å². The van der Waals surface area contributed by atoms with Gasteiger partial charge in [0.15, 0.2) is 0 Å². The van der Waals surface area contributed by atoms with Gasteiger partial charge in [0, 0.05) is 5.54 Å². The topological polar surface area (TPSA) is 12.0 Å². The SMILES string of the molecule is CC1(C)CCCC(CNC(C)(C)C)CC1. The van der Waals surface area contributed by atoms with Crippen LogP contribution in [0.15, 0.2) is 0 Å². The summed E-state index contributed by atoms with van der Waals surface area (Å²) in [6.45, 7) is 12.8. The number of nitrogens with one attached hydrogen (secondary N) is 1. The molecule has 1 rings (SSSR count). The van der Waals surface area contributed by atoms with Crippen LogP contribution in [0.5, 0.6) is 0 Å². The van der Waals surface area contributed by atoms with Gasteiger partial charge in [0.2, 0.25) is 0 Å². The number of hydrogen-bond donors (Lipinski definition) is 1. The maximum atomic E-state index is 3.65. The standard InChI is InChI=1S/C14H29N/c1-13(2,3)15-11-12-7-6-9-14(4,5)10-8-12/h12,15H,6-11H2,1-5H3. The molecular formula is C14H29N. The molecule has 0 radical (unpaired) electrons. The van der Waals surface area contributed by atoms with E-state index in [4.69, 9.17) is 0 Å². The molecular weight excluding hydrogens is 182 g/mol. The molecule has 0 heterocycles. The van der Waals surface area contributed by atoms with Crippen LogP contribution in [0.25, 0.3) is 0 Å². The lowest BCUT2D eigenvalue weighted by Gasteiger charge is -2.25. The summed E-state index contributed by atoms with van der Waals surface area (Å²) in [4.78, 5) is 0. The zero-order valence-corrected chi connectivity index (χ0v) is 11.3. The van der Waals surface area contributed by atoms with Crippen molar-refractivity contribution in [2.75, 3.05) is 6.54 Å². The van der Waals surface area contributed by atoms with Crippen molar-refractivity contribution >= 4 is 0 Å². The number of rotatable bonds is 2. The van der Waals surface area contributed by atoms with Crippen molar-refractivity contribution in [2.24, 2.45) is 11.3 Å². The molecule has 0 saturated heterocycles. The van der Waals surface area contributed by atoms with Gasteiger partial charge in [0.05, 0.1) is 0 Å². The first kappa shape index (κ1) is 13.0. The molecule has 15 heavy (non-hydrogen) atoms. The summed E-state index contributed by atoms with van der Waals surface area (Å²) in [5.41, 5.74) is 0.873. The molecule has 0 aromatic carbocycles. The van der Waals surface area contributed by atoms with Gasteiger partial charge in [-0.05, 0) is 64.3 Å². The molecule has 0 bridgehead atoms. The third-order valence-corrected chi connectivity index (χ3v) is 3.62. The van der Waals surface area contributed by atoms with Crippen LogP contribution in [0.2, 0.25) is 0 Å². The van der Waals surface area contributed by atoms with E-state index in [1.165, 1.54) is 38.6 Å². The molecule has 90 valence electrons. The highest BCUT2D eigenvalue weighted by atomic mass is 14.9. The van der Waals surface area contributed by atoms with Gasteiger partial charge in [0.25, 0.3) is 0 Å². The molecule has 0 spiro atoms. The summed E-state index contributed by atoms with van der Waals surface area (Å²) < 4.78 is 0. The maximum Gasteiger partial charge on any atom is 0.00966 e. The van der Waals surface area contributed by atoms with Crippen molar-refractivity contribution in [2.45, 2.75) is 72.3 Å². The Hall–Kier alpha value is -0.0400. The van der Waals surface area contributed by atoms with E-state index in [1.807, 2.05) is 0 Å². The van der Waals surface area contributed by atoms with E-state index < -0.39 is 0 Å². The van der Waals surface area contributed by atoms with E-state index >= 15 is 0 Å². The summed E-state index contributed by atoms with van der Waals surface area (Å²) in [5.74, 6) is 0.908. The summed E-state index contributed by atoms with van der Waals surface area (Å²) in [6.07, 6.45) is 7.08. The summed E-state index contributed by atoms with van der Waals surface area (Å²) in [7, 11) is 0. The van der Waals surface area contributed by atoms with E-state index in [0.717, 1.165) is 5.92 Å². The van der Waals surface area contributed by atoms with E-state index in [1.54, 1.807) is 0 Å². The predicted octanol–water partition coefficient (Wildman–Crippen LogP) is 3.98. The molecule has 1 unspecified atom stereocenters. The fourth-order valence-corrected chi connectivity index (χ4v) is 2.39. The van der Waals surface area contributed by atoms with Crippen LogP contribution in [0.1, 0.15) is 66.7 Å². The van der Waals surface area contributed by atoms with Gasteiger partial charge >= 0.3 is 0 Å². The minimum absolute atomic E-state index is 0.280. The highest BCUT2D eigenvalue weighted by Crippen LogP contribution is 2.35. The lowest BCUT2D eigenvalue weighted by molar-refractivity contribution is 0.300. The Kier molecular flexibility index (Phi) is 4.22. The molecule has 0 aliphatic heterocycles. The minimum Gasteiger partial charge on any atom is -0.312 e. The second kappa shape index (κ2) is 4.86. The largest absolute Gasteiger partial charge is 0.312 e. The summed E-state index contributed by atoms with van der Waals surface area (Å²) >= 11 is 0. The fourth-order valence-electron chi connectivity index (χ4n) is 2.39. The molecule has 0 amide bonds. The van der Waals surface area contributed by atoms with Crippen molar-refractivity contribution in [3.8, 4) is 0 Å². The van der Waals surface area contributed by atoms with E-state index in [-0.39, 0.29) is 5.54 Å². The molecule has 1 fully saturated rings. The van der Waals surface area contributed by atoms with Gasteiger partial charge in [-0.15, -0.1) is 0 Å². The molecule has 1 atom stereocenters. The average molecular weight is 211 g/mol. The second-order valence-electron chi connectivity index (χ2n) is 7.09. The van der Waals surface area contributed by atoms with Gasteiger partial charge in [-0.2, -0.15) is 0 Å². The molecule has 0 aromatic heterocycles. The number of hydrogen-bond acceptors (Lipinski definition) is 1. The van der Waals surface area contributed by atoms with Gasteiger partial charge in [-0.3, -0.25) is 0 Å². The molecule has 1 aliphatic rings. The van der Waals surface area contributed by atoms with E-state index in [9.17, 15) is 0 Å². The van der Waals surface area contributed by atoms with Gasteiger partial charge in [-0.25, -0.2) is 0 Å². The Morgan fingerprint density at radius 2 is 1.80 bits per heavy atom. The lowest BCUT2D eigenvalue weighted by Crippen LogP contribution is -2.39. The Morgan fingerprint density at radius 1 is 1.13 bits per heavy atom. The first-order chi connectivity index (χ1) is 6.79. The van der Waals surface area contributed by atoms with Gasteiger partial charge in [-0.1, -0.05) is 20.3 Å². The van der Waals surface area contributed by atoms with Crippen LogP contribution in [0.4, 0.5) is 0 Å². The van der Waals surface area contributed by atoms with Gasteiger partial charge < -0.3 is 5.32 Å². The smallest absolute Gasteiger partial charge is 0.00966 e. The Balaban J connectivity index is 2.32. The van der Waals surface area contributed by atoms with Gasteiger partial charge in [0.1, 0.15) is 0 Å². The molecule has 1 heteroatoms. The Bertz CT molecular complexity index is 188. The maximum absolute atomic E-state index is 3.65. The molecule has 1 saturated carbocycles. The zero-order valence-electron chi connectivity index (χ0n) is 11.3. The fraction of sp³-hybridized carbons (Fsp3) is 1.00.